The first-order chi connectivity index (χ1) is 4.81. The van der Waals surface area contributed by atoms with E-state index in [9.17, 15) is 4.48 Å². The Morgan fingerprint density at radius 2 is 1.50 bits per heavy atom. The van der Waals surface area contributed by atoms with E-state index in [1.165, 1.54) is 0 Å². The van der Waals surface area contributed by atoms with Crippen molar-refractivity contribution in [2.24, 2.45) is 0 Å². The molecule has 0 heterocycles. The summed E-state index contributed by atoms with van der Waals surface area (Å²) < 4.78 is 21.8. The Hall–Kier alpha value is -0.190. The topological polar surface area (TPSA) is 21.7 Å². The lowest BCUT2D eigenvalue weighted by Gasteiger charge is -2.09. The molecule has 0 aromatic carbocycles. The summed E-state index contributed by atoms with van der Waals surface area (Å²) in [5.41, 5.74) is 0. The van der Waals surface area contributed by atoms with Crippen molar-refractivity contribution in [1.82, 2.24) is 5.12 Å². The largest absolute Gasteiger partial charge is 0.383 e. The summed E-state index contributed by atoms with van der Waals surface area (Å²) in [5, 5.41) is 0.674. The minimum absolute atomic E-state index is 0.305. The molecule has 0 rings (SSSR count). The summed E-state index contributed by atoms with van der Waals surface area (Å²) in [6.45, 7) is 1.44. The molecule has 0 atom stereocenters. The summed E-state index contributed by atoms with van der Waals surface area (Å²) in [4.78, 5) is 0. The molecule has 0 aromatic rings. The Balaban J connectivity index is 3.00. The zero-order valence-corrected chi connectivity index (χ0v) is 6.47. The standard InChI is InChI=1S/C6H14FNO2/c1-9-5-3-8(7)4-6-10-2/h3-6H2,1-2H3. The van der Waals surface area contributed by atoms with E-state index in [1.807, 2.05) is 0 Å². The SMILES string of the molecule is COCCN(F)CCOC. The van der Waals surface area contributed by atoms with Crippen LogP contribution >= 0.6 is 0 Å². The lowest BCUT2D eigenvalue weighted by Crippen LogP contribution is -2.22. The third-order valence-corrected chi connectivity index (χ3v) is 1.08. The van der Waals surface area contributed by atoms with Gasteiger partial charge in [-0.2, -0.15) is 0 Å². The van der Waals surface area contributed by atoms with Crippen molar-refractivity contribution < 1.29 is 14.0 Å². The maximum atomic E-state index is 12.5. The fourth-order valence-corrected chi connectivity index (χ4v) is 0.492. The minimum atomic E-state index is 0.305. The van der Waals surface area contributed by atoms with Gasteiger partial charge in [0.05, 0.1) is 26.3 Å². The second-order valence-corrected chi connectivity index (χ2v) is 1.90. The van der Waals surface area contributed by atoms with Crippen LogP contribution < -0.4 is 0 Å². The zero-order chi connectivity index (χ0) is 7.82. The molecule has 0 bridgehead atoms. The van der Waals surface area contributed by atoms with Crippen LogP contribution in [0.25, 0.3) is 0 Å². The van der Waals surface area contributed by atoms with Gasteiger partial charge in [-0.1, -0.05) is 0 Å². The van der Waals surface area contributed by atoms with E-state index in [0.29, 0.717) is 31.4 Å². The molecule has 0 aromatic heterocycles. The Morgan fingerprint density at radius 1 is 1.10 bits per heavy atom. The van der Waals surface area contributed by atoms with Crippen LogP contribution in [0.5, 0.6) is 0 Å². The minimum Gasteiger partial charge on any atom is -0.383 e. The van der Waals surface area contributed by atoms with Crippen LogP contribution in [0.15, 0.2) is 0 Å². The number of hydrogen-bond acceptors (Lipinski definition) is 3. The molecular weight excluding hydrogens is 137 g/mol. The van der Waals surface area contributed by atoms with Gasteiger partial charge < -0.3 is 9.47 Å². The molecule has 10 heavy (non-hydrogen) atoms. The fraction of sp³-hybridized carbons (Fsp3) is 1.00. The number of ether oxygens (including phenoxy) is 2. The normalized spacial score (nSPS) is 10.8. The predicted octanol–water partition coefficient (Wildman–Crippen LogP) is 0.466. The van der Waals surface area contributed by atoms with Crippen LogP contribution in [-0.2, 0) is 9.47 Å². The molecule has 0 fully saturated rings. The summed E-state index contributed by atoms with van der Waals surface area (Å²) in [6.07, 6.45) is 0. The van der Waals surface area contributed by atoms with Crippen molar-refractivity contribution in [2.45, 2.75) is 0 Å². The maximum absolute atomic E-state index is 12.5. The molecule has 0 amide bonds. The van der Waals surface area contributed by atoms with Gasteiger partial charge in [0.2, 0.25) is 0 Å². The van der Waals surface area contributed by atoms with Gasteiger partial charge in [0.25, 0.3) is 0 Å². The Labute approximate surface area is 60.7 Å². The smallest absolute Gasteiger partial charge is 0.0615 e. The van der Waals surface area contributed by atoms with Crippen LogP contribution in [-0.4, -0.2) is 45.6 Å². The van der Waals surface area contributed by atoms with Crippen molar-refractivity contribution in [3.8, 4) is 0 Å². The van der Waals surface area contributed by atoms with Gasteiger partial charge in [-0.25, -0.2) is 0 Å². The second kappa shape index (κ2) is 6.92. The van der Waals surface area contributed by atoms with E-state index in [1.54, 1.807) is 14.2 Å². The highest BCUT2D eigenvalue weighted by molar-refractivity contribution is 4.41. The van der Waals surface area contributed by atoms with Crippen LogP contribution in [0.3, 0.4) is 0 Å². The van der Waals surface area contributed by atoms with Crippen molar-refractivity contribution in [3.05, 3.63) is 0 Å². The molecule has 0 radical (unpaired) electrons. The molecule has 0 unspecified atom stereocenters. The monoisotopic (exact) mass is 151 g/mol. The van der Waals surface area contributed by atoms with Crippen molar-refractivity contribution in [2.75, 3.05) is 40.5 Å². The van der Waals surface area contributed by atoms with Crippen molar-refractivity contribution in [1.29, 1.82) is 0 Å². The Kier molecular flexibility index (Phi) is 6.79. The first-order valence-corrected chi connectivity index (χ1v) is 3.20. The summed E-state index contributed by atoms with van der Waals surface area (Å²) in [6, 6.07) is 0. The molecule has 0 saturated heterocycles. The van der Waals surface area contributed by atoms with Gasteiger partial charge in [-0.05, 0) is 0 Å². The average molecular weight is 151 g/mol. The summed E-state index contributed by atoms with van der Waals surface area (Å²) in [7, 11) is 3.09. The highest BCUT2D eigenvalue weighted by Crippen LogP contribution is 1.87. The molecule has 0 aliphatic heterocycles. The van der Waals surface area contributed by atoms with Gasteiger partial charge in [0.1, 0.15) is 0 Å². The van der Waals surface area contributed by atoms with E-state index < -0.39 is 0 Å². The molecular formula is C6H14FNO2. The fourth-order valence-electron chi connectivity index (χ4n) is 0.492. The van der Waals surface area contributed by atoms with Crippen LogP contribution in [0.2, 0.25) is 0 Å². The molecule has 0 spiro atoms. The maximum Gasteiger partial charge on any atom is 0.0615 e. The van der Waals surface area contributed by atoms with Crippen LogP contribution in [0, 0.1) is 0 Å². The lowest BCUT2D eigenvalue weighted by molar-refractivity contribution is -0.0163. The predicted molar refractivity (Wildman–Crippen MR) is 36.4 cm³/mol. The number of methoxy groups -OCH3 is 2. The number of hydrogen-bond donors (Lipinski definition) is 0. The summed E-state index contributed by atoms with van der Waals surface area (Å²) >= 11 is 0. The van der Waals surface area contributed by atoms with E-state index in [0.717, 1.165) is 0 Å². The zero-order valence-electron chi connectivity index (χ0n) is 6.47. The highest BCUT2D eigenvalue weighted by Gasteiger charge is 1.99. The van der Waals surface area contributed by atoms with E-state index >= 15 is 0 Å². The quantitative estimate of drug-likeness (QED) is 0.515. The van der Waals surface area contributed by atoms with E-state index in [4.69, 9.17) is 0 Å². The number of halogens is 1. The lowest BCUT2D eigenvalue weighted by atomic mass is 10.6. The average Bonchev–Trinajstić information content (AvgIpc) is 1.97. The molecule has 0 N–H and O–H groups in total. The molecule has 0 saturated carbocycles. The van der Waals surface area contributed by atoms with Crippen LogP contribution in [0.1, 0.15) is 0 Å². The molecule has 4 heteroatoms. The van der Waals surface area contributed by atoms with E-state index in [2.05, 4.69) is 9.47 Å². The molecule has 0 aliphatic rings. The molecule has 3 nitrogen and oxygen atoms in total. The van der Waals surface area contributed by atoms with Gasteiger partial charge in [0.15, 0.2) is 0 Å². The van der Waals surface area contributed by atoms with Gasteiger partial charge >= 0.3 is 0 Å². The second-order valence-electron chi connectivity index (χ2n) is 1.90. The van der Waals surface area contributed by atoms with Gasteiger partial charge in [-0.15, -0.1) is 9.60 Å². The van der Waals surface area contributed by atoms with Crippen LogP contribution in [0.4, 0.5) is 4.48 Å². The first-order valence-electron chi connectivity index (χ1n) is 3.20. The van der Waals surface area contributed by atoms with Gasteiger partial charge in [0, 0.05) is 14.2 Å². The third-order valence-electron chi connectivity index (χ3n) is 1.08. The number of nitrogens with zero attached hydrogens (tertiary/aromatic N) is 1. The molecule has 62 valence electrons. The van der Waals surface area contributed by atoms with E-state index in [-0.39, 0.29) is 0 Å². The first kappa shape index (κ1) is 9.81. The van der Waals surface area contributed by atoms with Gasteiger partial charge in [-0.3, -0.25) is 0 Å². The molecule has 0 aliphatic carbocycles. The Morgan fingerprint density at radius 3 is 1.80 bits per heavy atom. The highest BCUT2D eigenvalue weighted by atomic mass is 19.2. The third kappa shape index (κ3) is 5.94. The Bertz CT molecular complexity index is 64.8. The van der Waals surface area contributed by atoms with Crippen molar-refractivity contribution >= 4 is 0 Å². The number of rotatable bonds is 6. The van der Waals surface area contributed by atoms with Crippen molar-refractivity contribution in [3.63, 3.8) is 0 Å². The summed E-state index contributed by atoms with van der Waals surface area (Å²) in [5.74, 6) is 0.